The van der Waals surface area contributed by atoms with E-state index in [2.05, 4.69) is 0 Å². The number of carboxylic acid groups (broad SMARTS) is 1. The maximum atomic E-state index is 15.0. The minimum Gasteiger partial charge on any atom is -0.487 e. The summed E-state index contributed by atoms with van der Waals surface area (Å²) in [6.45, 7) is 4.25. The van der Waals surface area contributed by atoms with Crippen molar-refractivity contribution in [1.82, 2.24) is 4.31 Å². The molecule has 1 aliphatic rings. The number of ether oxygens (including phenoxy) is 1. The third-order valence-corrected chi connectivity index (χ3v) is 8.75. The SMILES string of the molecule is CCC1CN(Cc2cc(C(CC(=O)O)c3ccc(C(N)=O)cc3F)ccc2C)S(O)(O)c2ccccc2O1. The van der Waals surface area contributed by atoms with Crippen LogP contribution in [0.15, 0.2) is 65.6 Å². The molecule has 2 atom stereocenters. The quantitative estimate of drug-likeness (QED) is 0.294. The Kier molecular flexibility index (Phi) is 8.08. The van der Waals surface area contributed by atoms with Gasteiger partial charge in [-0.25, -0.2) is 4.39 Å². The Bertz CT molecular complexity index is 1360. The van der Waals surface area contributed by atoms with Crippen LogP contribution in [0.2, 0.25) is 0 Å². The van der Waals surface area contributed by atoms with Crippen LogP contribution in [0, 0.1) is 12.7 Å². The number of aryl methyl sites for hydroxylation is 1. The minimum absolute atomic E-state index is 0.00994. The molecule has 1 amide bonds. The van der Waals surface area contributed by atoms with Gasteiger partial charge in [0.25, 0.3) is 0 Å². The van der Waals surface area contributed by atoms with E-state index in [-0.39, 0.29) is 36.7 Å². The molecule has 0 bridgehead atoms. The van der Waals surface area contributed by atoms with Crippen LogP contribution in [0.5, 0.6) is 5.75 Å². The fourth-order valence-electron chi connectivity index (χ4n) is 4.64. The number of nitrogens with two attached hydrogens (primary N) is 1. The van der Waals surface area contributed by atoms with Gasteiger partial charge in [-0.05, 0) is 59.9 Å². The number of halogens is 1. The molecule has 1 aliphatic heterocycles. The molecule has 1 heterocycles. The van der Waals surface area contributed by atoms with E-state index in [1.54, 1.807) is 46.8 Å². The number of nitrogens with zero attached hydrogens (tertiary/aromatic N) is 1. The molecule has 4 rings (SSSR count). The Morgan fingerprint density at radius 3 is 2.55 bits per heavy atom. The van der Waals surface area contributed by atoms with E-state index in [0.717, 1.165) is 17.2 Å². The highest BCUT2D eigenvalue weighted by Crippen LogP contribution is 2.57. The van der Waals surface area contributed by atoms with Crippen LogP contribution in [-0.4, -0.2) is 43.0 Å². The summed E-state index contributed by atoms with van der Waals surface area (Å²) in [6.07, 6.45) is -0.000452. The molecule has 5 N–H and O–H groups in total. The molecule has 0 fully saturated rings. The Balaban J connectivity index is 1.73. The highest BCUT2D eigenvalue weighted by Gasteiger charge is 2.35. The van der Waals surface area contributed by atoms with Gasteiger partial charge in [0.15, 0.2) is 0 Å². The van der Waals surface area contributed by atoms with E-state index >= 15 is 4.39 Å². The zero-order valence-corrected chi connectivity index (χ0v) is 22.0. The van der Waals surface area contributed by atoms with Gasteiger partial charge in [0.2, 0.25) is 5.91 Å². The van der Waals surface area contributed by atoms with Crippen molar-refractivity contribution >= 4 is 22.7 Å². The van der Waals surface area contributed by atoms with Crippen molar-refractivity contribution in [2.75, 3.05) is 6.54 Å². The average molecular weight is 543 g/mol. The van der Waals surface area contributed by atoms with E-state index in [1.165, 1.54) is 12.1 Å². The molecule has 0 saturated heterocycles. The van der Waals surface area contributed by atoms with Crippen LogP contribution >= 0.6 is 10.8 Å². The van der Waals surface area contributed by atoms with Crippen LogP contribution in [-0.2, 0) is 11.3 Å². The number of amides is 1. The lowest BCUT2D eigenvalue weighted by molar-refractivity contribution is -0.137. The van der Waals surface area contributed by atoms with Gasteiger partial charge < -0.3 is 15.6 Å². The van der Waals surface area contributed by atoms with Crippen LogP contribution in [0.3, 0.4) is 0 Å². The Morgan fingerprint density at radius 1 is 1.16 bits per heavy atom. The fraction of sp³-hybridized carbons (Fsp3) is 0.286. The molecular formula is C28H31FN2O6S. The summed E-state index contributed by atoms with van der Waals surface area (Å²) in [4.78, 5) is 23.5. The van der Waals surface area contributed by atoms with Crippen LogP contribution in [0.4, 0.5) is 4.39 Å². The summed E-state index contributed by atoms with van der Waals surface area (Å²) >= 11 is 0. The summed E-state index contributed by atoms with van der Waals surface area (Å²) in [5.74, 6) is -3.03. The number of aliphatic carboxylic acids is 1. The minimum atomic E-state index is -3.39. The second kappa shape index (κ2) is 11.1. The molecule has 3 aromatic carbocycles. The number of rotatable bonds is 8. The van der Waals surface area contributed by atoms with Crippen LogP contribution < -0.4 is 10.5 Å². The molecule has 202 valence electrons. The van der Waals surface area contributed by atoms with E-state index in [4.69, 9.17) is 10.5 Å². The summed E-state index contributed by atoms with van der Waals surface area (Å²) in [7, 11) is -3.39. The highest BCUT2D eigenvalue weighted by atomic mass is 32.3. The van der Waals surface area contributed by atoms with Crippen molar-refractivity contribution in [3.05, 3.63) is 94.3 Å². The zero-order chi connectivity index (χ0) is 27.6. The van der Waals surface area contributed by atoms with Gasteiger partial charge in [0.05, 0.1) is 13.0 Å². The van der Waals surface area contributed by atoms with Gasteiger partial charge in [-0.2, -0.15) is 4.31 Å². The number of hydrogen-bond donors (Lipinski definition) is 4. The van der Waals surface area contributed by atoms with Crippen molar-refractivity contribution in [2.24, 2.45) is 5.73 Å². The molecule has 38 heavy (non-hydrogen) atoms. The first kappa shape index (κ1) is 27.6. The molecule has 0 aromatic heterocycles. The van der Waals surface area contributed by atoms with Crippen molar-refractivity contribution < 1.29 is 32.9 Å². The highest BCUT2D eigenvalue weighted by molar-refractivity contribution is 8.22. The van der Waals surface area contributed by atoms with E-state index in [0.29, 0.717) is 22.6 Å². The predicted molar refractivity (Wildman–Crippen MR) is 143 cm³/mol. The summed E-state index contributed by atoms with van der Waals surface area (Å²) in [6, 6.07) is 15.9. The number of carbonyl (C=O) groups is 2. The molecule has 8 nitrogen and oxygen atoms in total. The van der Waals surface area contributed by atoms with Crippen molar-refractivity contribution in [2.45, 2.75) is 50.2 Å². The van der Waals surface area contributed by atoms with Gasteiger partial charge in [0.1, 0.15) is 22.6 Å². The number of benzene rings is 3. The van der Waals surface area contributed by atoms with Gasteiger partial charge in [0, 0.05) is 18.0 Å². The van der Waals surface area contributed by atoms with Crippen molar-refractivity contribution in [3.63, 3.8) is 0 Å². The summed E-state index contributed by atoms with van der Waals surface area (Å²) < 4.78 is 45.4. The fourth-order valence-corrected chi connectivity index (χ4v) is 6.26. The normalized spacial score (nSPS) is 18.5. The average Bonchev–Trinajstić information content (AvgIpc) is 2.97. The lowest BCUT2D eigenvalue weighted by Gasteiger charge is -2.42. The molecule has 0 saturated carbocycles. The van der Waals surface area contributed by atoms with E-state index in [1.807, 2.05) is 13.8 Å². The van der Waals surface area contributed by atoms with Gasteiger partial charge in [-0.1, -0.05) is 43.3 Å². The number of carboxylic acids is 1. The molecule has 0 aliphatic carbocycles. The summed E-state index contributed by atoms with van der Waals surface area (Å²) in [5.41, 5.74) is 7.51. The van der Waals surface area contributed by atoms with Crippen molar-refractivity contribution in [1.29, 1.82) is 0 Å². The lowest BCUT2D eigenvalue weighted by Crippen LogP contribution is -2.34. The van der Waals surface area contributed by atoms with Gasteiger partial charge in [-0.3, -0.25) is 18.7 Å². The molecule has 3 aromatic rings. The molecule has 0 spiro atoms. The number of carbonyl (C=O) groups excluding carboxylic acids is 1. The third-order valence-electron chi connectivity index (χ3n) is 6.82. The van der Waals surface area contributed by atoms with Crippen LogP contribution in [0.1, 0.15) is 58.3 Å². The summed E-state index contributed by atoms with van der Waals surface area (Å²) in [5, 5.41) is 9.59. The molecule has 10 heteroatoms. The maximum absolute atomic E-state index is 15.0. The number of fused-ring (bicyclic) bond motifs is 1. The molecule has 2 unspecified atom stereocenters. The Hall–Kier alpha value is -3.44. The first-order valence-corrected chi connectivity index (χ1v) is 13.7. The second-order valence-electron chi connectivity index (χ2n) is 9.37. The van der Waals surface area contributed by atoms with E-state index < -0.39 is 34.4 Å². The van der Waals surface area contributed by atoms with Gasteiger partial charge >= 0.3 is 5.97 Å². The lowest BCUT2D eigenvalue weighted by atomic mass is 9.86. The van der Waals surface area contributed by atoms with Crippen molar-refractivity contribution in [3.8, 4) is 5.75 Å². The Labute approximate surface area is 222 Å². The van der Waals surface area contributed by atoms with Gasteiger partial charge in [-0.15, -0.1) is 10.8 Å². The zero-order valence-electron chi connectivity index (χ0n) is 21.1. The molecule has 0 radical (unpaired) electrons. The topological polar surface area (TPSA) is 133 Å². The smallest absolute Gasteiger partial charge is 0.304 e. The van der Waals surface area contributed by atoms with Crippen LogP contribution in [0.25, 0.3) is 0 Å². The first-order chi connectivity index (χ1) is 18.0. The molecular weight excluding hydrogens is 511 g/mol. The number of para-hydroxylation sites is 1. The number of hydrogen-bond acceptors (Lipinski definition) is 6. The third kappa shape index (κ3) is 5.68. The monoisotopic (exact) mass is 542 g/mol. The largest absolute Gasteiger partial charge is 0.487 e. The second-order valence-corrected chi connectivity index (χ2v) is 11.4. The number of primary amides is 1. The van der Waals surface area contributed by atoms with E-state index in [9.17, 15) is 23.8 Å². The predicted octanol–water partition coefficient (Wildman–Crippen LogP) is 5.54. The maximum Gasteiger partial charge on any atom is 0.304 e. The standard InChI is InChI=1S/C28H31FN2O6S/c1-3-21-16-31(38(35,36)26-7-5-4-6-25(26)37-21)15-20-12-18(9-8-17(20)2)23(14-27(32)33)22-11-10-19(28(30)34)13-24(22)29/h4-13,21,23,35-36H,3,14-16H2,1-2H3,(H2,30,34)(H,32,33). The Morgan fingerprint density at radius 2 is 1.89 bits per heavy atom. The first-order valence-electron chi connectivity index (χ1n) is 12.2.